The van der Waals surface area contributed by atoms with Crippen LogP contribution >= 0.6 is 11.6 Å². The Bertz CT molecular complexity index is 932. The number of esters is 1. The van der Waals surface area contributed by atoms with Gasteiger partial charge in [-0.15, -0.1) is 0 Å². The van der Waals surface area contributed by atoms with Crippen LogP contribution in [0.3, 0.4) is 0 Å². The fourth-order valence-electron chi connectivity index (χ4n) is 2.37. The van der Waals surface area contributed by atoms with Crippen molar-refractivity contribution in [3.05, 3.63) is 59.3 Å². The number of carbonyl (C=O) groups is 2. The van der Waals surface area contributed by atoms with E-state index in [1.54, 1.807) is 36.4 Å². The molecule has 0 aliphatic carbocycles. The Kier molecular flexibility index (Phi) is 5.14. The van der Waals surface area contributed by atoms with Gasteiger partial charge < -0.3 is 19.2 Å². The normalized spacial score (nSPS) is 11.8. The van der Waals surface area contributed by atoms with Crippen LogP contribution in [0.1, 0.15) is 17.5 Å². The lowest BCUT2D eigenvalue weighted by Gasteiger charge is -2.14. The molecule has 1 amide bonds. The molecule has 1 atom stereocenters. The van der Waals surface area contributed by atoms with Crippen molar-refractivity contribution in [1.29, 1.82) is 0 Å². The summed E-state index contributed by atoms with van der Waals surface area (Å²) in [7, 11) is 1.48. The first-order valence-electron chi connectivity index (χ1n) is 7.82. The molecule has 0 spiro atoms. The molecule has 0 radical (unpaired) electrons. The molecule has 0 saturated heterocycles. The Balaban J connectivity index is 1.69. The van der Waals surface area contributed by atoms with Gasteiger partial charge in [-0.1, -0.05) is 29.8 Å². The molecule has 1 N–H and O–H groups in total. The van der Waals surface area contributed by atoms with E-state index in [9.17, 15) is 9.59 Å². The molecule has 1 heterocycles. The van der Waals surface area contributed by atoms with Gasteiger partial charge in [0.05, 0.1) is 12.8 Å². The molecule has 2 aromatic carbocycles. The Morgan fingerprint density at radius 1 is 1.15 bits per heavy atom. The molecule has 0 saturated carbocycles. The maximum Gasteiger partial charge on any atom is 0.375 e. The highest BCUT2D eigenvalue weighted by molar-refractivity contribution is 6.31. The summed E-state index contributed by atoms with van der Waals surface area (Å²) in [5.41, 5.74) is 0.955. The molecule has 3 aromatic rings. The van der Waals surface area contributed by atoms with Crippen LogP contribution in [0.25, 0.3) is 11.0 Å². The lowest BCUT2D eigenvalue weighted by Crippen LogP contribution is -2.30. The third-order valence-electron chi connectivity index (χ3n) is 3.70. The molecule has 3 rings (SSSR count). The molecule has 7 heteroatoms. The number of ether oxygens (including phenoxy) is 2. The van der Waals surface area contributed by atoms with Crippen molar-refractivity contribution in [3.63, 3.8) is 0 Å². The van der Waals surface area contributed by atoms with Crippen LogP contribution in [-0.2, 0) is 9.53 Å². The second-order valence-corrected chi connectivity index (χ2v) is 5.97. The number of hydrogen-bond donors (Lipinski definition) is 1. The van der Waals surface area contributed by atoms with Gasteiger partial charge in [0.15, 0.2) is 6.10 Å². The number of methoxy groups -OCH3 is 1. The molecule has 0 unspecified atom stereocenters. The van der Waals surface area contributed by atoms with Crippen LogP contribution in [-0.4, -0.2) is 25.1 Å². The zero-order chi connectivity index (χ0) is 18.7. The van der Waals surface area contributed by atoms with Crippen LogP contribution in [0, 0.1) is 0 Å². The van der Waals surface area contributed by atoms with Gasteiger partial charge >= 0.3 is 5.97 Å². The number of rotatable bonds is 5. The van der Waals surface area contributed by atoms with Crippen molar-refractivity contribution < 1.29 is 23.5 Å². The highest BCUT2D eigenvalue weighted by Gasteiger charge is 2.22. The van der Waals surface area contributed by atoms with Crippen LogP contribution in [0.15, 0.2) is 52.9 Å². The summed E-state index contributed by atoms with van der Waals surface area (Å²) in [6.45, 7) is 1.47. The third-order valence-corrected chi connectivity index (χ3v) is 3.93. The number of hydrogen-bond acceptors (Lipinski definition) is 5. The summed E-state index contributed by atoms with van der Waals surface area (Å²) >= 11 is 5.94. The molecule has 0 bridgehead atoms. The molecule has 134 valence electrons. The van der Waals surface area contributed by atoms with Gasteiger partial charge in [0.2, 0.25) is 5.76 Å². The maximum atomic E-state index is 12.3. The van der Waals surface area contributed by atoms with Crippen molar-refractivity contribution in [2.24, 2.45) is 0 Å². The highest BCUT2D eigenvalue weighted by Crippen LogP contribution is 2.28. The Hall–Kier alpha value is -2.99. The smallest absolute Gasteiger partial charge is 0.375 e. The number of amides is 1. The van der Waals surface area contributed by atoms with E-state index in [2.05, 4.69) is 5.32 Å². The molecular weight excluding hydrogens is 358 g/mol. The standard InChI is InChI=1S/C19H16ClNO5/c1-11(18(22)21-14-10-13(20)7-8-16(14)24-2)25-19(23)17-9-12-5-3-4-6-15(12)26-17/h3-11H,1-2H3,(H,21,22)/t11-/m1/s1. The summed E-state index contributed by atoms with van der Waals surface area (Å²) in [6, 6.07) is 13.6. The minimum absolute atomic E-state index is 0.0335. The number of carbonyl (C=O) groups excluding carboxylic acids is 2. The van der Waals surface area contributed by atoms with Gasteiger partial charge in [0.1, 0.15) is 11.3 Å². The quantitative estimate of drug-likeness (QED) is 0.675. The predicted molar refractivity (Wildman–Crippen MR) is 97.7 cm³/mol. The third kappa shape index (κ3) is 3.81. The second-order valence-electron chi connectivity index (χ2n) is 5.53. The van der Waals surface area contributed by atoms with Gasteiger partial charge in [-0.05, 0) is 37.3 Å². The first-order chi connectivity index (χ1) is 12.5. The monoisotopic (exact) mass is 373 g/mol. The molecule has 0 fully saturated rings. The number of halogens is 1. The Morgan fingerprint density at radius 2 is 1.92 bits per heavy atom. The molecule has 0 aliphatic heterocycles. The fourth-order valence-corrected chi connectivity index (χ4v) is 2.54. The van der Waals surface area contributed by atoms with E-state index in [4.69, 9.17) is 25.5 Å². The van der Waals surface area contributed by atoms with Crippen LogP contribution in [0.4, 0.5) is 5.69 Å². The SMILES string of the molecule is COc1ccc(Cl)cc1NC(=O)[C@@H](C)OC(=O)c1cc2ccccc2o1. The van der Waals surface area contributed by atoms with Crippen LogP contribution < -0.4 is 10.1 Å². The summed E-state index contributed by atoms with van der Waals surface area (Å²) < 4.78 is 15.8. The summed E-state index contributed by atoms with van der Waals surface area (Å²) in [4.78, 5) is 24.5. The van der Waals surface area contributed by atoms with Crippen molar-refractivity contribution in [2.45, 2.75) is 13.0 Å². The van der Waals surface area contributed by atoms with Crippen molar-refractivity contribution >= 4 is 40.1 Å². The van der Waals surface area contributed by atoms with E-state index in [1.807, 2.05) is 12.1 Å². The maximum absolute atomic E-state index is 12.3. The molecule has 1 aromatic heterocycles. The number of para-hydroxylation sites is 1. The fraction of sp³-hybridized carbons (Fsp3) is 0.158. The van der Waals surface area contributed by atoms with Gasteiger partial charge in [-0.25, -0.2) is 4.79 Å². The summed E-state index contributed by atoms with van der Waals surface area (Å²) in [5, 5.41) is 3.85. The second kappa shape index (κ2) is 7.49. The zero-order valence-corrected chi connectivity index (χ0v) is 14.9. The zero-order valence-electron chi connectivity index (χ0n) is 14.1. The van der Waals surface area contributed by atoms with E-state index in [0.717, 1.165) is 5.39 Å². The summed E-state index contributed by atoms with van der Waals surface area (Å²) in [5.74, 6) is -0.762. The van der Waals surface area contributed by atoms with E-state index >= 15 is 0 Å². The lowest BCUT2D eigenvalue weighted by atomic mass is 10.2. The Morgan fingerprint density at radius 3 is 2.65 bits per heavy atom. The van der Waals surface area contributed by atoms with Gasteiger partial charge in [0.25, 0.3) is 5.91 Å². The van der Waals surface area contributed by atoms with E-state index in [1.165, 1.54) is 14.0 Å². The van der Waals surface area contributed by atoms with E-state index in [-0.39, 0.29) is 5.76 Å². The summed E-state index contributed by atoms with van der Waals surface area (Å²) in [6.07, 6.45) is -1.04. The number of furan rings is 1. The van der Waals surface area contributed by atoms with E-state index < -0.39 is 18.0 Å². The van der Waals surface area contributed by atoms with Gasteiger partial charge in [-0.2, -0.15) is 0 Å². The predicted octanol–water partition coefficient (Wildman–Crippen LogP) is 4.28. The average molecular weight is 374 g/mol. The van der Waals surface area contributed by atoms with Gasteiger partial charge in [0, 0.05) is 10.4 Å². The highest BCUT2D eigenvalue weighted by atomic mass is 35.5. The average Bonchev–Trinajstić information content (AvgIpc) is 3.06. The molecule has 6 nitrogen and oxygen atoms in total. The first-order valence-corrected chi connectivity index (χ1v) is 8.19. The first kappa shape index (κ1) is 17.8. The van der Waals surface area contributed by atoms with Crippen molar-refractivity contribution in [1.82, 2.24) is 0 Å². The number of benzene rings is 2. The molecule has 26 heavy (non-hydrogen) atoms. The topological polar surface area (TPSA) is 77.8 Å². The largest absolute Gasteiger partial charge is 0.495 e. The minimum atomic E-state index is -1.04. The number of fused-ring (bicyclic) bond motifs is 1. The van der Waals surface area contributed by atoms with Crippen molar-refractivity contribution in [2.75, 3.05) is 12.4 Å². The number of anilines is 1. The van der Waals surface area contributed by atoms with Crippen LogP contribution in [0.2, 0.25) is 5.02 Å². The molecular formula is C19H16ClNO5. The Labute approximate surface area is 154 Å². The lowest BCUT2D eigenvalue weighted by molar-refractivity contribution is -0.123. The van der Waals surface area contributed by atoms with Gasteiger partial charge in [-0.3, -0.25) is 4.79 Å². The molecule has 0 aliphatic rings. The van der Waals surface area contributed by atoms with E-state index in [0.29, 0.717) is 22.0 Å². The van der Waals surface area contributed by atoms with Crippen LogP contribution in [0.5, 0.6) is 5.75 Å². The van der Waals surface area contributed by atoms with Crippen molar-refractivity contribution in [3.8, 4) is 5.75 Å². The number of nitrogens with one attached hydrogen (secondary N) is 1. The minimum Gasteiger partial charge on any atom is -0.495 e.